The van der Waals surface area contributed by atoms with Crippen molar-refractivity contribution in [3.05, 3.63) is 77.2 Å². The minimum absolute atomic E-state index is 0.0148. The first-order valence-corrected chi connectivity index (χ1v) is 9.48. The maximum Gasteiger partial charge on any atom is 0.508 e. The van der Waals surface area contributed by atoms with Gasteiger partial charge in [0.25, 0.3) is 0 Å². The van der Waals surface area contributed by atoms with E-state index in [1.54, 1.807) is 41.0 Å². The molecule has 2 heterocycles. The van der Waals surface area contributed by atoms with Crippen LogP contribution in [-0.4, -0.2) is 37.6 Å². The molecule has 4 aromatic rings. The van der Waals surface area contributed by atoms with Gasteiger partial charge in [-0.25, -0.2) is 9.37 Å². The van der Waals surface area contributed by atoms with Crippen LogP contribution in [0.5, 0.6) is 0 Å². The van der Waals surface area contributed by atoms with Crippen LogP contribution in [0.1, 0.15) is 21.6 Å². The smallest absolute Gasteiger partial charge is 0.422 e. The van der Waals surface area contributed by atoms with Crippen molar-refractivity contribution in [2.45, 2.75) is 13.5 Å². The Balaban J connectivity index is 1.79. The molecule has 31 heavy (non-hydrogen) atoms. The molecular weight excluding hydrogens is 400 g/mol. The van der Waals surface area contributed by atoms with Crippen molar-refractivity contribution in [1.29, 1.82) is 0 Å². The number of fused-ring (bicyclic) bond motifs is 1. The molecule has 0 saturated carbocycles. The third-order valence-corrected chi connectivity index (χ3v) is 4.86. The predicted octanol–water partition coefficient (Wildman–Crippen LogP) is 1.26. The molecule has 0 spiro atoms. The van der Waals surface area contributed by atoms with Gasteiger partial charge in [-0.2, -0.15) is 4.98 Å². The average molecular weight is 419 g/mol. The summed E-state index contributed by atoms with van der Waals surface area (Å²) in [6, 6.07) is 14.4. The van der Waals surface area contributed by atoms with Crippen LogP contribution in [-0.2, 0) is 6.54 Å². The molecule has 0 fully saturated rings. The number of halogens is 1. The number of aromatic nitrogens is 3. The monoisotopic (exact) mass is 419 g/mol. The second kappa shape index (κ2) is 8.17. The molecule has 2 aromatic carbocycles. The lowest BCUT2D eigenvalue weighted by Gasteiger charge is -2.13. The van der Waals surface area contributed by atoms with Crippen molar-refractivity contribution in [1.82, 2.24) is 14.5 Å². The third kappa shape index (κ3) is 4.11. The van der Waals surface area contributed by atoms with Crippen LogP contribution in [0.3, 0.4) is 0 Å². The summed E-state index contributed by atoms with van der Waals surface area (Å²) >= 11 is 0. The van der Waals surface area contributed by atoms with Gasteiger partial charge in [0.2, 0.25) is 11.9 Å². The van der Waals surface area contributed by atoms with Crippen molar-refractivity contribution < 1.29 is 19.2 Å². The van der Waals surface area contributed by atoms with Crippen molar-refractivity contribution in [2.75, 3.05) is 5.32 Å². The Morgan fingerprint density at radius 3 is 2.65 bits per heavy atom. The summed E-state index contributed by atoms with van der Waals surface area (Å²) in [5.74, 6) is -0.402. The minimum atomic E-state index is -1.82. The number of aryl methyl sites for hydroxylation is 1. The summed E-state index contributed by atoms with van der Waals surface area (Å²) in [6.45, 7) is 2.09. The van der Waals surface area contributed by atoms with Crippen LogP contribution >= 0.6 is 0 Å². The number of amides is 1. The lowest BCUT2D eigenvalue weighted by molar-refractivity contribution is 0.100. The van der Waals surface area contributed by atoms with E-state index in [9.17, 15) is 19.2 Å². The fraction of sp³-hybridized carbons (Fsp3) is 0.0952. The maximum absolute atomic E-state index is 13.4. The van der Waals surface area contributed by atoms with E-state index in [0.717, 1.165) is 5.69 Å². The zero-order chi connectivity index (χ0) is 22.1. The van der Waals surface area contributed by atoms with Crippen LogP contribution < -0.4 is 16.6 Å². The first kappa shape index (κ1) is 20.5. The molecule has 4 rings (SSSR count). The number of primary amides is 1. The van der Waals surface area contributed by atoms with Crippen LogP contribution in [0.15, 0.2) is 54.6 Å². The second-order valence-corrected chi connectivity index (χ2v) is 7.06. The van der Waals surface area contributed by atoms with Gasteiger partial charge in [-0.3, -0.25) is 9.36 Å². The Morgan fingerprint density at radius 1 is 1.16 bits per heavy atom. The summed E-state index contributed by atoms with van der Waals surface area (Å²) in [7, 11) is -1.82. The van der Waals surface area contributed by atoms with Crippen molar-refractivity contribution in [3.8, 4) is 5.95 Å². The molecule has 0 aliphatic heterocycles. The highest BCUT2D eigenvalue weighted by atomic mass is 19.1. The molecule has 8 nitrogen and oxygen atoms in total. The molecule has 0 aliphatic rings. The number of nitrogens with two attached hydrogens (primary N) is 1. The first-order valence-electron chi connectivity index (χ1n) is 9.48. The topological polar surface area (TPSA) is 126 Å². The van der Waals surface area contributed by atoms with E-state index < -0.39 is 13.0 Å². The van der Waals surface area contributed by atoms with Gasteiger partial charge in [-0.15, -0.1) is 0 Å². The van der Waals surface area contributed by atoms with E-state index in [2.05, 4.69) is 15.3 Å². The minimum Gasteiger partial charge on any atom is -0.422 e. The van der Waals surface area contributed by atoms with Crippen molar-refractivity contribution in [3.63, 3.8) is 0 Å². The summed E-state index contributed by atoms with van der Waals surface area (Å²) in [6.07, 6.45) is 0. The van der Waals surface area contributed by atoms with E-state index in [4.69, 9.17) is 5.73 Å². The zero-order valence-electron chi connectivity index (χ0n) is 16.6. The lowest BCUT2D eigenvalue weighted by Crippen LogP contribution is -2.34. The number of nitrogens with zero attached hydrogens (tertiary/aromatic N) is 3. The summed E-state index contributed by atoms with van der Waals surface area (Å²) in [5.41, 5.74) is 7.91. The molecule has 2 aromatic heterocycles. The van der Waals surface area contributed by atoms with E-state index in [1.807, 2.05) is 6.92 Å². The highest BCUT2D eigenvalue weighted by Gasteiger charge is 2.20. The third-order valence-electron chi connectivity index (χ3n) is 4.86. The number of carbonyl (C=O) groups is 1. The van der Waals surface area contributed by atoms with Gasteiger partial charge >= 0.3 is 7.12 Å². The normalized spacial score (nSPS) is 11.0. The Labute approximate surface area is 177 Å². The van der Waals surface area contributed by atoms with Crippen molar-refractivity contribution in [2.24, 2.45) is 5.73 Å². The highest BCUT2D eigenvalue weighted by Crippen LogP contribution is 2.25. The number of nitrogens with one attached hydrogen (secondary N) is 1. The molecule has 0 bridgehead atoms. The SMILES string of the molecule is Cc1cc2c(C(N)=O)cccc2n1-c1nc(NCc2cccc(F)c2)cc(B(O)O)n1. The quantitative estimate of drug-likeness (QED) is 0.349. The Bertz CT molecular complexity index is 1290. The molecule has 0 aliphatic carbocycles. The van der Waals surface area contributed by atoms with E-state index in [0.29, 0.717) is 27.8 Å². The molecule has 10 heteroatoms. The Morgan fingerprint density at radius 2 is 1.94 bits per heavy atom. The standard InChI is InChI=1S/C21H19BFN5O3/c1-12-8-16-15(20(24)29)6-3-7-17(16)28(12)21-26-18(22(30)31)10-19(27-21)25-11-13-4-2-5-14(23)9-13/h2-10,30-31H,11H2,1H3,(H2,24,29)(H,25,26,27). The van der Waals surface area contributed by atoms with Crippen LogP contribution in [0, 0.1) is 12.7 Å². The lowest BCUT2D eigenvalue weighted by atomic mass is 9.86. The van der Waals surface area contributed by atoms with E-state index in [1.165, 1.54) is 18.2 Å². The molecule has 5 N–H and O–H groups in total. The van der Waals surface area contributed by atoms with Crippen LogP contribution in [0.25, 0.3) is 16.9 Å². The molecule has 0 unspecified atom stereocenters. The highest BCUT2D eigenvalue weighted by molar-refractivity contribution is 6.57. The molecule has 156 valence electrons. The van der Waals surface area contributed by atoms with Gasteiger partial charge in [0, 0.05) is 23.2 Å². The number of hydrogen-bond donors (Lipinski definition) is 4. The predicted molar refractivity (Wildman–Crippen MR) is 116 cm³/mol. The Hall–Kier alpha value is -3.76. The van der Waals surface area contributed by atoms with Crippen LogP contribution in [0.2, 0.25) is 0 Å². The van der Waals surface area contributed by atoms with Gasteiger partial charge in [0.05, 0.1) is 11.1 Å². The molecule has 1 amide bonds. The fourth-order valence-electron chi connectivity index (χ4n) is 3.46. The van der Waals surface area contributed by atoms with Gasteiger partial charge in [-0.05, 0) is 48.9 Å². The number of rotatable bonds is 6. The summed E-state index contributed by atoms with van der Waals surface area (Å²) in [4.78, 5) is 20.5. The summed E-state index contributed by atoms with van der Waals surface area (Å²) < 4.78 is 15.1. The Kier molecular flexibility index (Phi) is 5.41. The van der Waals surface area contributed by atoms with Gasteiger partial charge < -0.3 is 21.1 Å². The van der Waals surface area contributed by atoms with Gasteiger partial charge in [-0.1, -0.05) is 18.2 Å². The van der Waals surface area contributed by atoms with Crippen molar-refractivity contribution >= 4 is 35.3 Å². The number of carbonyl (C=O) groups excluding carboxylic acids is 1. The van der Waals surface area contributed by atoms with E-state index in [-0.39, 0.29) is 23.9 Å². The number of anilines is 1. The molecule has 0 saturated heterocycles. The van der Waals surface area contributed by atoms with E-state index >= 15 is 0 Å². The molecule has 0 atom stereocenters. The number of benzene rings is 2. The zero-order valence-corrected chi connectivity index (χ0v) is 16.6. The second-order valence-electron chi connectivity index (χ2n) is 7.06. The fourth-order valence-corrected chi connectivity index (χ4v) is 3.46. The molecule has 0 radical (unpaired) electrons. The van der Waals surface area contributed by atoms with Crippen LogP contribution in [0.4, 0.5) is 10.2 Å². The van der Waals surface area contributed by atoms with Gasteiger partial charge in [0.1, 0.15) is 11.6 Å². The first-order chi connectivity index (χ1) is 14.8. The van der Waals surface area contributed by atoms with Gasteiger partial charge in [0.15, 0.2) is 0 Å². The largest absolute Gasteiger partial charge is 0.508 e. The number of hydrogen-bond acceptors (Lipinski definition) is 6. The summed E-state index contributed by atoms with van der Waals surface area (Å²) in [5, 5.41) is 23.1. The molecular formula is C21H19BFN5O3. The average Bonchev–Trinajstić information content (AvgIpc) is 3.07. The maximum atomic E-state index is 13.4.